The number of hydrogen-bond acceptors (Lipinski definition) is 4. The second-order valence-electron chi connectivity index (χ2n) is 7.75. The van der Waals surface area contributed by atoms with Crippen LogP contribution >= 0.6 is 0 Å². The van der Waals surface area contributed by atoms with Crippen LogP contribution in [-0.2, 0) is 22.4 Å². The van der Waals surface area contributed by atoms with Gasteiger partial charge in [-0.3, -0.25) is 14.5 Å². The Morgan fingerprint density at radius 2 is 1.88 bits per heavy atom. The molecule has 0 aliphatic carbocycles. The Kier molecular flexibility index (Phi) is 6.39. The van der Waals surface area contributed by atoms with Crippen molar-refractivity contribution < 1.29 is 19.1 Å². The zero-order valence-corrected chi connectivity index (χ0v) is 17.9. The first-order valence-electron chi connectivity index (χ1n) is 10.6. The van der Waals surface area contributed by atoms with E-state index in [4.69, 9.17) is 4.74 Å². The Hall–Kier alpha value is -3.81. The van der Waals surface area contributed by atoms with Crippen LogP contribution in [0, 0.1) is 0 Å². The molecule has 4 amide bonds. The Bertz CT molecular complexity index is 1120. The Balaban J connectivity index is 1.25. The largest absolute Gasteiger partial charge is 0.497 e. The molecule has 0 spiro atoms. The van der Waals surface area contributed by atoms with E-state index >= 15 is 0 Å². The topological polar surface area (TPSA) is 104 Å². The minimum Gasteiger partial charge on any atom is -0.497 e. The number of nitrogens with zero attached hydrogens (tertiary/aromatic N) is 1. The molecule has 32 heavy (non-hydrogen) atoms. The van der Waals surface area contributed by atoms with Crippen molar-refractivity contribution in [3.8, 4) is 5.75 Å². The van der Waals surface area contributed by atoms with E-state index in [9.17, 15) is 14.4 Å². The monoisotopic (exact) mass is 434 g/mol. The number of imide groups is 1. The van der Waals surface area contributed by atoms with E-state index in [-0.39, 0.29) is 24.8 Å². The lowest BCUT2D eigenvalue weighted by Crippen LogP contribution is -2.37. The second kappa shape index (κ2) is 9.55. The number of rotatable bonds is 9. The van der Waals surface area contributed by atoms with Crippen molar-refractivity contribution in [2.75, 3.05) is 20.2 Å². The standard InChI is InChI=1S/C24H26N4O4/c1-32-18-8-6-16(7-9-18)10-12-25-22(29)14-21-23(30)28(24(31)27-21)13-11-17-15-26-20-5-3-2-4-19(17)20/h2-9,15,21,26H,10-14H2,1H3,(H,25,29)(H,27,31)/t21-/m0/s1. The van der Waals surface area contributed by atoms with Crippen molar-refractivity contribution in [2.24, 2.45) is 0 Å². The molecular formula is C24H26N4O4. The number of aromatic amines is 1. The lowest BCUT2D eigenvalue weighted by atomic mass is 10.1. The summed E-state index contributed by atoms with van der Waals surface area (Å²) in [5.74, 6) is 0.151. The molecule has 2 aromatic carbocycles. The lowest BCUT2D eigenvalue weighted by molar-refractivity contribution is -0.130. The number of benzene rings is 2. The molecule has 2 heterocycles. The molecule has 8 nitrogen and oxygen atoms in total. The number of nitrogens with one attached hydrogen (secondary N) is 3. The van der Waals surface area contributed by atoms with E-state index in [0.29, 0.717) is 19.4 Å². The average molecular weight is 434 g/mol. The van der Waals surface area contributed by atoms with Crippen LogP contribution in [0.5, 0.6) is 5.75 Å². The van der Waals surface area contributed by atoms with Gasteiger partial charge < -0.3 is 20.4 Å². The summed E-state index contributed by atoms with van der Waals surface area (Å²) in [6.07, 6.45) is 3.04. The first-order chi connectivity index (χ1) is 15.5. The first kappa shape index (κ1) is 21.4. The molecule has 3 aromatic rings. The van der Waals surface area contributed by atoms with Crippen LogP contribution in [-0.4, -0.2) is 54.0 Å². The van der Waals surface area contributed by atoms with Gasteiger partial charge in [0.2, 0.25) is 5.91 Å². The van der Waals surface area contributed by atoms with Gasteiger partial charge in [0.05, 0.1) is 13.5 Å². The zero-order valence-electron chi connectivity index (χ0n) is 17.9. The highest BCUT2D eigenvalue weighted by atomic mass is 16.5. The molecule has 3 N–H and O–H groups in total. The quantitative estimate of drug-likeness (QED) is 0.450. The number of ether oxygens (including phenoxy) is 1. The predicted octanol–water partition coefficient (Wildman–Crippen LogP) is 2.39. The van der Waals surface area contributed by atoms with Gasteiger partial charge in [0.25, 0.3) is 5.91 Å². The van der Waals surface area contributed by atoms with E-state index in [0.717, 1.165) is 27.8 Å². The Labute approximate surface area is 185 Å². The van der Waals surface area contributed by atoms with Gasteiger partial charge in [-0.15, -0.1) is 0 Å². The Morgan fingerprint density at radius 3 is 2.66 bits per heavy atom. The molecule has 8 heteroatoms. The van der Waals surface area contributed by atoms with Gasteiger partial charge in [-0.25, -0.2) is 4.79 Å². The van der Waals surface area contributed by atoms with E-state index in [2.05, 4.69) is 15.6 Å². The summed E-state index contributed by atoms with van der Waals surface area (Å²) in [4.78, 5) is 41.6. The number of H-pyrrole nitrogens is 1. The van der Waals surface area contributed by atoms with Gasteiger partial charge >= 0.3 is 6.03 Å². The highest BCUT2D eigenvalue weighted by molar-refractivity contribution is 6.05. The summed E-state index contributed by atoms with van der Waals surface area (Å²) in [7, 11) is 1.61. The van der Waals surface area contributed by atoms with Crippen LogP contribution in [0.3, 0.4) is 0 Å². The van der Waals surface area contributed by atoms with E-state index < -0.39 is 12.1 Å². The van der Waals surface area contributed by atoms with Gasteiger partial charge in [-0.2, -0.15) is 0 Å². The molecule has 1 aliphatic heterocycles. The zero-order chi connectivity index (χ0) is 22.5. The lowest BCUT2D eigenvalue weighted by Gasteiger charge is -2.13. The molecule has 1 aliphatic rings. The van der Waals surface area contributed by atoms with Crippen molar-refractivity contribution in [3.63, 3.8) is 0 Å². The molecule has 0 saturated carbocycles. The molecule has 0 unspecified atom stereocenters. The van der Waals surface area contributed by atoms with Gasteiger partial charge in [0.15, 0.2) is 0 Å². The fraction of sp³-hybridized carbons (Fsp3) is 0.292. The van der Waals surface area contributed by atoms with Crippen molar-refractivity contribution >= 4 is 28.7 Å². The Morgan fingerprint density at radius 1 is 1.09 bits per heavy atom. The summed E-state index contributed by atoms with van der Waals surface area (Å²) < 4.78 is 5.13. The van der Waals surface area contributed by atoms with Crippen molar-refractivity contribution in [1.82, 2.24) is 20.5 Å². The average Bonchev–Trinajstić information content (AvgIpc) is 3.33. The molecule has 166 valence electrons. The fourth-order valence-electron chi connectivity index (χ4n) is 3.89. The third-order valence-corrected chi connectivity index (χ3v) is 5.67. The molecule has 1 fully saturated rings. The van der Waals surface area contributed by atoms with Gasteiger partial charge in [-0.1, -0.05) is 30.3 Å². The van der Waals surface area contributed by atoms with E-state index in [1.165, 1.54) is 4.90 Å². The highest BCUT2D eigenvalue weighted by Gasteiger charge is 2.38. The summed E-state index contributed by atoms with van der Waals surface area (Å²) in [5.41, 5.74) is 3.13. The second-order valence-corrected chi connectivity index (χ2v) is 7.75. The first-order valence-corrected chi connectivity index (χ1v) is 10.6. The van der Waals surface area contributed by atoms with E-state index in [1.54, 1.807) is 7.11 Å². The number of para-hydroxylation sites is 1. The summed E-state index contributed by atoms with van der Waals surface area (Å²) >= 11 is 0. The highest BCUT2D eigenvalue weighted by Crippen LogP contribution is 2.19. The fourth-order valence-corrected chi connectivity index (χ4v) is 3.89. The van der Waals surface area contributed by atoms with Gasteiger partial charge in [-0.05, 0) is 42.2 Å². The SMILES string of the molecule is COc1ccc(CCNC(=O)C[C@@H]2NC(=O)N(CCc3c[nH]c4ccccc34)C2=O)cc1. The third-order valence-electron chi connectivity index (χ3n) is 5.67. The molecule has 1 saturated heterocycles. The molecule has 0 bridgehead atoms. The number of urea groups is 1. The molecule has 1 atom stereocenters. The maximum absolute atomic E-state index is 12.7. The minimum atomic E-state index is -0.827. The van der Waals surface area contributed by atoms with Crippen LogP contribution in [0.15, 0.2) is 54.7 Å². The van der Waals surface area contributed by atoms with Crippen LogP contribution < -0.4 is 15.4 Å². The van der Waals surface area contributed by atoms with Crippen molar-refractivity contribution in [2.45, 2.75) is 25.3 Å². The van der Waals surface area contributed by atoms with Crippen LogP contribution in [0.4, 0.5) is 4.79 Å². The number of amides is 4. The number of carbonyl (C=O) groups is 3. The maximum Gasteiger partial charge on any atom is 0.324 e. The van der Waals surface area contributed by atoms with E-state index in [1.807, 2.05) is 54.7 Å². The number of methoxy groups -OCH3 is 1. The predicted molar refractivity (Wildman–Crippen MR) is 120 cm³/mol. The molecule has 0 radical (unpaired) electrons. The van der Waals surface area contributed by atoms with Gasteiger partial charge in [0, 0.05) is 30.2 Å². The van der Waals surface area contributed by atoms with Gasteiger partial charge in [0.1, 0.15) is 11.8 Å². The maximum atomic E-state index is 12.7. The number of carbonyl (C=O) groups excluding carboxylic acids is 3. The van der Waals surface area contributed by atoms with Crippen molar-refractivity contribution in [1.29, 1.82) is 0 Å². The molecule has 1 aromatic heterocycles. The molecule has 4 rings (SSSR count). The normalized spacial score (nSPS) is 15.8. The number of aromatic nitrogens is 1. The third kappa shape index (κ3) is 4.74. The molecular weight excluding hydrogens is 408 g/mol. The smallest absolute Gasteiger partial charge is 0.324 e. The summed E-state index contributed by atoms with van der Waals surface area (Å²) in [5, 5.41) is 6.52. The van der Waals surface area contributed by atoms with Crippen LogP contribution in [0.25, 0.3) is 10.9 Å². The van der Waals surface area contributed by atoms with Crippen LogP contribution in [0.2, 0.25) is 0 Å². The number of fused-ring (bicyclic) bond motifs is 1. The van der Waals surface area contributed by atoms with Crippen molar-refractivity contribution in [3.05, 3.63) is 65.9 Å². The summed E-state index contributed by atoms with van der Waals surface area (Å²) in [6.45, 7) is 0.715. The van der Waals surface area contributed by atoms with Crippen LogP contribution in [0.1, 0.15) is 17.5 Å². The summed E-state index contributed by atoms with van der Waals surface area (Å²) in [6, 6.07) is 14.2. The minimum absolute atomic E-state index is 0.0726. The number of hydrogen-bond donors (Lipinski definition) is 3.